The van der Waals surface area contributed by atoms with Gasteiger partial charge in [0.2, 0.25) is 0 Å². The summed E-state index contributed by atoms with van der Waals surface area (Å²) in [6.45, 7) is 1.02. The number of nitrogen functional groups attached to an aromatic ring is 1. The average molecular weight is 310 g/mol. The van der Waals surface area contributed by atoms with Crippen LogP contribution >= 0.6 is 23.1 Å². The van der Waals surface area contributed by atoms with E-state index in [2.05, 4.69) is 5.32 Å². The van der Waals surface area contributed by atoms with Gasteiger partial charge in [-0.05, 0) is 37.9 Å². The largest absolute Gasteiger partial charge is 0.396 e. The summed E-state index contributed by atoms with van der Waals surface area (Å²) in [4.78, 5) is 14.1. The molecule has 3 N–H and O–H groups in total. The summed E-state index contributed by atoms with van der Waals surface area (Å²) in [5, 5.41) is 4.65. The fraction of sp³-hybridized carbons (Fsp3) is 0.667. The molecule has 5 heteroatoms. The third kappa shape index (κ3) is 2.84. The van der Waals surface area contributed by atoms with Gasteiger partial charge in [-0.2, -0.15) is 0 Å². The molecule has 0 spiro atoms. The molecule has 0 aromatic carbocycles. The van der Waals surface area contributed by atoms with Crippen LogP contribution in [0.5, 0.6) is 0 Å². The second-order valence-electron chi connectivity index (χ2n) is 5.88. The SMILES string of the molecule is CSc1c(NCC2CCCC2)sc(C(=O)C2CC2)c1N. The Labute approximate surface area is 128 Å². The van der Waals surface area contributed by atoms with Gasteiger partial charge in [-0.25, -0.2) is 0 Å². The van der Waals surface area contributed by atoms with E-state index in [1.165, 1.54) is 25.7 Å². The number of hydrogen-bond acceptors (Lipinski definition) is 5. The Morgan fingerprint density at radius 1 is 1.35 bits per heavy atom. The first-order valence-corrected chi connectivity index (χ1v) is 9.49. The van der Waals surface area contributed by atoms with Gasteiger partial charge in [0.1, 0.15) is 5.00 Å². The highest BCUT2D eigenvalue weighted by atomic mass is 32.2. The average Bonchev–Trinajstić information content (AvgIpc) is 3.07. The van der Waals surface area contributed by atoms with E-state index in [0.29, 0.717) is 5.69 Å². The van der Waals surface area contributed by atoms with Crippen molar-refractivity contribution in [3.05, 3.63) is 4.88 Å². The minimum Gasteiger partial charge on any atom is -0.396 e. The Morgan fingerprint density at radius 2 is 2.05 bits per heavy atom. The van der Waals surface area contributed by atoms with Crippen LogP contribution in [0.3, 0.4) is 0 Å². The Balaban J connectivity index is 1.74. The van der Waals surface area contributed by atoms with E-state index in [0.717, 1.165) is 40.1 Å². The summed E-state index contributed by atoms with van der Waals surface area (Å²) in [5.41, 5.74) is 6.90. The Bertz CT molecular complexity index is 502. The van der Waals surface area contributed by atoms with Crippen molar-refractivity contribution >= 4 is 39.6 Å². The molecule has 1 heterocycles. The van der Waals surface area contributed by atoms with Crippen LogP contribution in [0.1, 0.15) is 48.2 Å². The number of nitrogens with two attached hydrogens (primary N) is 1. The molecule has 2 saturated carbocycles. The lowest BCUT2D eigenvalue weighted by Crippen LogP contribution is -2.10. The molecule has 3 rings (SSSR count). The zero-order valence-corrected chi connectivity index (χ0v) is 13.5. The van der Waals surface area contributed by atoms with Gasteiger partial charge in [-0.3, -0.25) is 4.79 Å². The van der Waals surface area contributed by atoms with Crippen molar-refractivity contribution in [1.29, 1.82) is 0 Å². The monoisotopic (exact) mass is 310 g/mol. The highest BCUT2D eigenvalue weighted by Crippen LogP contribution is 2.45. The normalized spacial score (nSPS) is 19.4. The number of hydrogen-bond donors (Lipinski definition) is 2. The molecule has 0 atom stereocenters. The quantitative estimate of drug-likeness (QED) is 0.609. The molecule has 2 aliphatic carbocycles. The van der Waals surface area contributed by atoms with E-state index >= 15 is 0 Å². The Kier molecular flexibility index (Phi) is 4.26. The predicted octanol–water partition coefficient (Wildman–Crippen LogP) is 4.25. The number of anilines is 2. The molecular formula is C15H22N2OS2. The van der Waals surface area contributed by atoms with Gasteiger partial charge in [-0.15, -0.1) is 23.1 Å². The van der Waals surface area contributed by atoms with Gasteiger partial charge in [0.05, 0.1) is 15.5 Å². The molecule has 110 valence electrons. The Hall–Kier alpha value is -0.680. The van der Waals surface area contributed by atoms with E-state index < -0.39 is 0 Å². The van der Waals surface area contributed by atoms with Gasteiger partial charge < -0.3 is 11.1 Å². The van der Waals surface area contributed by atoms with Crippen LogP contribution in [-0.4, -0.2) is 18.6 Å². The maximum Gasteiger partial charge on any atom is 0.178 e. The van der Waals surface area contributed by atoms with Gasteiger partial charge >= 0.3 is 0 Å². The van der Waals surface area contributed by atoms with E-state index in [-0.39, 0.29) is 11.7 Å². The van der Waals surface area contributed by atoms with Crippen molar-refractivity contribution in [2.75, 3.05) is 23.9 Å². The zero-order valence-electron chi connectivity index (χ0n) is 11.9. The van der Waals surface area contributed by atoms with Crippen LogP contribution < -0.4 is 11.1 Å². The highest BCUT2D eigenvalue weighted by molar-refractivity contribution is 7.99. The van der Waals surface area contributed by atoms with Crippen molar-refractivity contribution in [3.8, 4) is 0 Å². The first kappa shape index (κ1) is 14.3. The number of Topliss-reactive ketones (excluding diaryl/α,β-unsaturated/α-hetero) is 1. The molecule has 0 radical (unpaired) electrons. The zero-order chi connectivity index (χ0) is 14.1. The summed E-state index contributed by atoms with van der Waals surface area (Å²) in [6.07, 6.45) is 9.49. The molecular weight excluding hydrogens is 288 g/mol. The number of ketones is 1. The molecule has 2 fully saturated rings. The molecule has 0 bridgehead atoms. The number of carbonyl (C=O) groups is 1. The number of thioether (sulfide) groups is 1. The number of nitrogens with one attached hydrogen (secondary N) is 1. The molecule has 0 unspecified atom stereocenters. The summed E-state index contributed by atoms with van der Waals surface area (Å²) in [7, 11) is 0. The van der Waals surface area contributed by atoms with Crippen molar-refractivity contribution in [2.45, 2.75) is 43.4 Å². The number of rotatable bonds is 6. The minimum atomic E-state index is 0.244. The van der Waals surface area contributed by atoms with Crippen LogP contribution in [0.4, 0.5) is 10.7 Å². The predicted molar refractivity (Wildman–Crippen MR) is 88.0 cm³/mol. The maximum atomic E-state index is 12.3. The number of carbonyl (C=O) groups excluding carboxylic acids is 1. The lowest BCUT2D eigenvalue weighted by molar-refractivity contribution is 0.0972. The summed E-state index contributed by atoms with van der Waals surface area (Å²) in [5.74, 6) is 1.29. The molecule has 1 aromatic rings. The van der Waals surface area contributed by atoms with E-state index in [9.17, 15) is 4.79 Å². The lowest BCUT2D eigenvalue weighted by Gasteiger charge is -2.11. The molecule has 0 aliphatic heterocycles. The first-order valence-electron chi connectivity index (χ1n) is 7.45. The van der Waals surface area contributed by atoms with Crippen molar-refractivity contribution in [3.63, 3.8) is 0 Å². The van der Waals surface area contributed by atoms with Gasteiger partial charge in [0, 0.05) is 12.5 Å². The van der Waals surface area contributed by atoms with Crippen LogP contribution in [0.2, 0.25) is 0 Å². The van der Waals surface area contributed by atoms with Crippen LogP contribution in [0.15, 0.2) is 4.90 Å². The topological polar surface area (TPSA) is 55.1 Å². The highest BCUT2D eigenvalue weighted by Gasteiger charge is 2.34. The van der Waals surface area contributed by atoms with Gasteiger partial charge in [0.25, 0.3) is 0 Å². The molecule has 20 heavy (non-hydrogen) atoms. The van der Waals surface area contributed by atoms with Crippen LogP contribution in [0, 0.1) is 11.8 Å². The fourth-order valence-corrected chi connectivity index (χ4v) is 4.97. The third-order valence-corrected chi connectivity index (χ3v) is 6.44. The maximum absolute atomic E-state index is 12.3. The smallest absolute Gasteiger partial charge is 0.178 e. The van der Waals surface area contributed by atoms with Gasteiger partial charge in [-0.1, -0.05) is 12.8 Å². The standard InChI is InChI=1S/C15H22N2OS2/c1-19-14-11(16)13(12(18)10-6-7-10)20-15(14)17-8-9-4-2-3-5-9/h9-10,17H,2-8,16H2,1H3. The minimum absolute atomic E-state index is 0.244. The molecule has 0 saturated heterocycles. The molecule has 2 aliphatic rings. The first-order chi connectivity index (χ1) is 9.70. The van der Waals surface area contributed by atoms with E-state index in [4.69, 9.17) is 5.73 Å². The third-order valence-electron chi connectivity index (χ3n) is 4.30. The molecule has 1 aromatic heterocycles. The second-order valence-corrected chi connectivity index (χ2v) is 7.71. The Morgan fingerprint density at radius 3 is 2.65 bits per heavy atom. The lowest BCUT2D eigenvalue weighted by atomic mass is 10.1. The summed E-state index contributed by atoms with van der Waals surface area (Å²) < 4.78 is 0. The van der Waals surface area contributed by atoms with Crippen molar-refractivity contribution in [2.24, 2.45) is 11.8 Å². The van der Waals surface area contributed by atoms with Crippen LogP contribution in [-0.2, 0) is 0 Å². The number of thiophene rings is 1. The molecule has 3 nitrogen and oxygen atoms in total. The molecule has 0 amide bonds. The van der Waals surface area contributed by atoms with Crippen LogP contribution in [0.25, 0.3) is 0 Å². The summed E-state index contributed by atoms with van der Waals surface area (Å²) >= 11 is 3.21. The van der Waals surface area contributed by atoms with Crippen molar-refractivity contribution < 1.29 is 4.79 Å². The second kappa shape index (κ2) is 5.98. The summed E-state index contributed by atoms with van der Waals surface area (Å²) in [6, 6.07) is 0. The van der Waals surface area contributed by atoms with E-state index in [1.807, 2.05) is 6.26 Å². The fourth-order valence-electron chi connectivity index (χ4n) is 2.91. The van der Waals surface area contributed by atoms with Gasteiger partial charge in [0.15, 0.2) is 5.78 Å². The van der Waals surface area contributed by atoms with Crippen molar-refractivity contribution in [1.82, 2.24) is 0 Å². The van der Waals surface area contributed by atoms with E-state index in [1.54, 1.807) is 23.1 Å².